The normalized spacial score (nSPS) is 11.7. The average Bonchev–Trinajstić information content (AvgIpc) is 2.35. The molecule has 0 saturated heterocycles. The molecule has 0 heterocycles. The number of nitrogen functional groups attached to an aromatic ring is 1. The van der Waals surface area contributed by atoms with Gasteiger partial charge in [-0.05, 0) is 35.9 Å². The van der Waals surface area contributed by atoms with Gasteiger partial charge in [0.05, 0.1) is 5.56 Å². The van der Waals surface area contributed by atoms with Crippen molar-refractivity contribution >= 4 is 17.4 Å². The van der Waals surface area contributed by atoms with E-state index in [-0.39, 0.29) is 11.4 Å². The number of halogens is 5. The molecule has 21 heavy (non-hydrogen) atoms. The minimum absolute atomic E-state index is 0.0216. The predicted octanol–water partition coefficient (Wildman–Crippen LogP) is 4.86. The van der Waals surface area contributed by atoms with Crippen LogP contribution < -0.4 is 5.73 Å². The van der Waals surface area contributed by atoms with Crippen molar-refractivity contribution in [3.8, 4) is 0 Å². The quantitative estimate of drug-likeness (QED) is 0.497. The van der Waals surface area contributed by atoms with E-state index in [0.29, 0.717) is 10.5 Å². The predicted molar refractivity (Wildman–Crippen MR) is 71.8 cm³/mol. The van der Waals surface area contributed by atoms with E-state index < -0.39 is 23.4 Å². The van der Waals surface area contributed by atoms with Gasteiger partial charge in [-0.2, -0.15) is 13.2 Å². The monoisotopic (exact) mass is 319 g/mol. The van der Waals surface area contributed by atoms with E-state index in [1.54, 1.807) is 0 Å². The van der Waals surface area contributed by atoms with Gasteiger partial charge in [-0.25, -0.2) is 8.78 Å². The molecule has 0 unspecified atom stereocenters. The Morgan fingerprint density at radius 1 is 0.952 bits per heavy atom. The number of benzene rings is 2. The molecule has 2 aromatic rings. The third-order valence-corrected chi connectivity index (χ3v) is 3.81. The minimum atomic E-state index is -4.46. The lowest BCUT2D eigenvalue weighted by Crippen LogP contribution is -2.05. The summed E-state index contributed by atoms with van der Waals surface area (Å²) in [5.74, 6) is -1.21. The molecule has 112 valence electrons. The van der Waals surface area contributed by atoms with Crippen molar-refractivity contribution in [1.82, 2.24) is 0 Å². The van der Waals surface area contributed by atoms with Crippen molar-refractivity contribution in [3.63, 3.8) is 0 Å². The molecule has 0 aliphatic carbocycles. The highest BCUT2D eigenvalue weighted by atomic mass is 32.2. The molecule has 0 fully saturated rings. The van der Waals surface area contributed by atoms with Crippen LogP contribution in [-0.4, -0.2) is 0 Å². The van der Waals surface area contributed by atoms with Crippen LogP contribution in [0.1, 0.15) is 11.1 Å². The summed E-state index contributed by atoms with van der Waals surface area (Å²) < 4.78 is 63.5. The Labute approximate surface area is 122 Å². The molecule has 2 rings (SSSR count). The molecule has 0 radical (unpaired) electrons. The molecule has 0 aliphatic heterocycles. The summed E-state index contributed by atoms with van der Waals surface area (Å²) in [6.45, 7) is 0. The number of alkyl halides is 3. The SMILES string of the molecule is Nc1cc(C(F)(F)F)ccc1SCc1cc(F)cc(F)c1. The lowest BCUT2D eigenvalue weighted by atomic mass is 10.2. The molecule has 2 aromatic carbocycles. The second-order valence-corrected chi connectivity index (χ2v) is 5.33. The fraction of sp³-hybridized carbons (Fsp3) is 0.143. The van der Waals surface area contributed by atoms with Gasteiger partial charge in [0, 0.05) is 22.4 Å². The second kappa shape index (κ2) is 5.93. The number of nitrogens with two attached hydrogens (primary N) is 1. The van der Waals surface area contributed by atoms with Crippen LogP contribution in [0.2, 0.25) is 0 Å². The molecule has 2 N–H and O–H groups in total. The first-order valence-electron chi connectivity index (χ1n) is 5.80. The summed E-state index contributed by atoms with van der Waals surface area (Å²) >= 11 is 1.11. The molecular weight excluding hydrogens is 309 g/mol. The Morgan fingerprint density at radius 3 is 2.10 bits per heavy atom. The molecule has 0 atom stereocenters. The van der Waals surface area contributed by atoms with Crippen molar-refractivity contribution in [3.05, 3.63) is 59.2 Å². The number of hydrogen-bond donors (Lipinski definition) is 1. The van der Waals surface area contributed by atoms with Crippen molar-refractivity contribution in [2.45, 2.75) is 16.8 Å². The Kier molecular flexibility index (Phi) is 4.41. The van der Waals surface area contributed by atoms with E-state index in [1.165, 1.54) is 6.07 Å². The Bertz CT molecular complexity index is 634. The standard InChI is InChI=1S/C14H10F5NS/c15-10-3-8(4-11(16)6-10)7-21-13-2-1-9(5-12(13)20)14(17,18)19/h1-6H,7,20H2. The minimum Gasteiger partial charge on any atom is -0.398 e. The molecule has 0 aliphatic rings. The number of hydrogen-bond acceptors (Lipinski definition) is 2. The second-order valence-electron chi connectivity index (χ2n) is 4.32. The Morgan fingerprint density at radius 2 is 1.57 bits per heavy atom. The van der Waals surface area contributed by atoms with Crippen LogP contribution in [-0.2, 0) is 11.9 Å². The first-order chi connectivity index (χ1) is 9.75. The third-order valence-electron chi connectivity index (χ3n) is 2.65. The van der Waals surface area contributed by atoms with Gasteiger partial charge in [0.25, 0.3) is 0 Å². The molecule has 0 aromatic heterocycles. The number of anilines is 1. The third kappa shape index (κ3) is 4.10. The summed E-state index contributed by atoms with van der Waals surface area (Å²) in [5.41, 5.74) is 5.11. The largest absolute Gasteiger partial charge is 0.416 e. The Balaban J connectivity index is 2.13. The van der Waals surface area contributed by atoms with Crippen LogP contribution in [0.3, 0.4) is 0 Å². The number of thioether (sulfide) groups is 1. The van der Waals surface area contributed by atoms with Gasteiger partial charge in [-0.3, -0.25) is 0 Å². The molecule has 7 heteroatoms. The van der Waals surface area contributed by atoms with Crippen LogP contribution >= 0.6 is 11.8 Å². The molecule has 0 spiro atoms. The zero-order valence-electron chi connectivity index (χ0n) is 10.5. The summed E-state index contributed by atoms with van der Waals surface area (Å²) in [7, 11) is 0. The van der Waals surface area contributed by atoms with E-state index in [4.69, 9.17) is 5.73 Å². The lowest BCUT2D eigenvalue weighted by molar-refractivity contribution is -0.137. The maximum absolute atomic E-state index is 13.0. The van der Waals surface area contributed by atoms with Gasteiger partial charge in [0.1, 0.15) is 11.6 Å². The van der Waals surface area contributed by atoms with E-state index >= 15 is 0 Å². The maximum Gasteiger partial charge on any atom is 0.416 e. The lowest BCUT2D eigenvalue weighted by Gasteiger charge is -2.10. The van der Waals surface area contributed by atoms with Crippen molar-refractivity contribution < 1.29 is 22.0 Å². The molecule has 0 saturated carbocycles. The molecule has 0 amide bonds. The first kappa shape index (κ1) is 15.6. The van der Waals surface area contributed by atoms with Gasteiger partial charge < -0.3 is 5.73 Å². The fourth-order valence-electron chi connectivity index (χ4n) is 1.71. The molecule has 1 nitrogen and oxygen atoms in total. The van der Waals surface area contributed by atoms with Crippen LogP contribution in [0.4, 0.5) is 27.6 Å². The fourth-order valence-corrected chi connectivity index (χ4v) is 2.59. The van der Waals surface area contributed by atoms with Gasteiger partial charge in [-0.1, -0.05) is 0 Å². The van der Waals surface area contributed by atoms with Crippen molar-refractivity contribution in [2.24, 2.45) is 0 Å². The zero-order valence-corrected chi connectivity index (χ0v) is 11.4. The number of rotatable bonds is 3. The summed E-state index contributed by atoms with van der Waals surface area (Å²) in [6, 6.07) is 6.09. The Hall–Kier alpha value is -1.76. The van der Waals surface area contributed by atoms with Crippen LogP contribution in [0.25, 0.3) is 0 Å². The van der Waals surface area contributed by atoms with Crippen molar-refractivity contribution in [1.29, 1.82) is 0 Å². The average molecular weight is 319 g/mol. The zero-order chi connectivity index (χ0) is 15.6. The smallest absolute Gasteiger partial charge is 0.398 e. The highest BCUT2D eigenvalue weighted by Gasteiger charge is 2.30. The maximum atomic E-state index is 13.0. The topological polar surface area (TPSA) is 26.0 Å². The van der Waals surface area contributed by atoms with Crippen LogP contribution in [0.5, 0.6) is 0 Å². The van der Waals surface area contributed by atoms with Gasteiger partial charge >= 0.3 is 6.18 Å². The highest BCUT2D eigenvalue weighted by Crippen LogP contribution is 2.35. The summed E-state index contributed by atoms with van der Waals surface area (Å²) in [4.78, 5) is 0.424. The van der Waals surface area contributed by atoms with Gasteiger partial charge in [0.15, 0.2) is 0 Å². The summed E-state index contributed by atoms with van der Waals surface area (Å²) in [5, 5.41) is 0. The van der Waals surface area contributed by atoms with Gasteiger partial charge in [0.2, 0.25) is 0 Å². The van der Waals surface area contributed by atoms with E-state index in [1.807, 2.05) is 0 Å². The first-order valence-corrected chi connectivity index (χ1v) is 6.79. The van der Waals surface area contributed by atoms with Crippen molar-refractivity contribution in [2.75, 3.05) is 5.73 Å². The van der Waals surface area contributed by atoms with E-state index in [9.17, 15) is 22.0 Å². The van der Waals surface area contributed by atoms with Gasteiger partial charge in [-0.15, -0.1) is 11.8 Å². The highest BCUT2D eigenvalue weighted by molar-refractivity contribution is 7.98. The molecular formula is C14H10F5NS. The molecule has 0 bridgehead atoms. The van der Waals surface area contributed by atoms with E-state index in [0.717, 1.165) is 42.1 Å². The van der Waals surface area contributed by atoms with Crippen LogP contribution in [0, 0.1) is 11.6 Å². The summed E-state index contributed by atoms with van der Waals surface area (Å²) in [6.07, 6.45) is -4.46. The van der Waals surface area contributed by atoms with Crippen LogP contribution in [0.15, 0.2) is 41.3 Å². The van der Waals surface area contributed by atoms with E-state index in [2.05, 4.69) is 0 Å².